The highest BCUT2D eigenvalue weighted by atomic mass is 16.6. The Morgan fingerprint density at radius 3 is 0.783 bits per heavy atom. The van der Waals surface area contributed by atoms with Crippen molar-refractivity contribution < 1.29 is 28.6 Å². The highest BCUT2D eigenvalue weighted by Crippen LogP contribution is 2.15. The Hall–Kier alpha value is -5.49. The van der Waals surface area contributed by atoms with Crippen molar-refractivity contribution in [2.45, 2.75) is 271 Å². The van der Waals surface area contributed by atoms with Gasteiger partial charge in [-0.3, -0.25) is 14.4 Å². The summed E-state index contributed by atoms with van der Waals surface area (Å²) in [6.07, 6.45) is 104. The monoisotopic (exact) mass is 1140 g/mol. The Bertz CT molecular complexity index is 1940. The molecule has 0 saturated heterocycles. The Morgan fingerprint density at radius 2 is 0.482 bits per heavy atom. The highest BCUT2D eigenvalue weighted by Gasteiger charge is 2.19. The topological polar surface area (TPSA) is 78.9 Å². The summed E-state index contributed by atoms with van der Waals surface area (Å²) in [5.41, 5.74) is 0. The molecule has 0 aromatic carbocycles. The van der Waals surface area contributed by atoms with Crippen molar-refractivity contribution in [2.24, 2.45) is 0 Å². The zero-order chi connectivity index (χ0) is 59.9. The highest BCUT2D eigenvalue weighted by molar-refractivity contribution is 5.72. The van der Waals surface area contributed by atoms with Crippen LogP contribution in [0.2, 0.25) is 0 Å². The van der Waals surface area contributed by atoms with E-state index in [1.807, 2.05) is 6.08 Å². The molecule has 0 aliphatic heterocycles. The second-order valence-corrected chi connectivity index (χ2v) is 21.2. The van der Waals surface area contributed by atoms with Crippen LogP contribution in [0, 0.1) is 0 Å². The fourth-order valence-corrected chi connectivity index (χ4v) is 8.57. The van der Waals surface area contributed by atoms with Gasteiger partial charge in [0.15, 0.2) is 6.10 Å². The molecule has 0 amide bonds. The van der Waals surface area contributed by atoms with E-state index in [4.69, 9.17) is 14.2 Å². The van der Waals surface area contributed by atoms with Crippen LogP contribution in [0.25, 0.3) is 0 Å². The van der Waals surface area contributed by atoms with Crippen molar-refractivity contribution in [3.8, 4) is 0 Å². The van der Waals surface area contributed by atoms with E-state index in [2.05, 4.69) is 191 Å². The molecule has 0 rings (SSSR count). The molecular weight excluding hydrogens is 1020 g/mol. The lowest BCUT2D eigenvalue weighted by Crippen LogP contribution is -2.30. The van der Waals surface area contributed by atoms with Gasteiger partial charge in [0, 0.05) is 12.8 Å². The summed E-state index contributed by atoms with van der Waals surface area (Å²) >= 11 is 0. The molecule has 0 aromatic heterocycles. The molecular formula is C77H120O6. The maximum atomic E-state index is 12.9. The molecule has 0 radical (unpaired) electrons. The van der Waals surface area contributed by atoms with Crippen molar-refractivity contribution in [3.63, 3.8) is 0 Å². The fourth-order valence-electron chi connectivity index (χ4n) is 8.57. The van der Waals surface area contributed by atoms with Gasteiger partial charge in [0.25, 0.3) is 0 Å². The summed E-state index contributed by atoms with van der Waals surface area (Å²) in [5, 5.41) is 0. The zero-order valence-electron chi connectivity index (χ0n) is 53.1. The van der Waals surface area contributed by atoms with Crippen LogP contribution in [-0.4, -0.2) is 37.2 Å². The SMILES string of the molecule is CC/C=C\C/C=C\C/C=C\C/C=C\C/C=C\C/C=C\CCCCCCCCC(=O)OCC(COC(=O)C/C=C\C/C=C\C/C=C\C/C=C\C/C=C\CC)OC(=O)CCCCCCCCCCCCCC/C=C\C/C=C\C/C=C\C/C=C\CC. The summed E-state index contributed by atoms with van der Waals surface area (Å²) in [7, 11) is 0. The van der Waals surface area contributed by atoms with Gasteiger partial charge in [0.2, 0.25) is 0 Å². The van der Waals surface area contributed by atoms with Crippen molar-refractivity contribution in [3.05, 3.63) is 182 Å². The maximum Gasteiger partial charge on any atom is 0.309 e. The lowest BCUT2D eigenvalue weighted by atomic mass is 10.0. The first-order chi connectivity index (χ1) is 41.0. The first kappa shape index (κ1) is 77.5. The number of rotatable bonds is 58. The molecule has 0 bridgehead atoms. The van der Waals surface area contributed by atoms with Crippen molar-refractivity contribution in [1.29, 1.82) is 0 Å². The lowest BCUT2D eigenvalue weighted by molar-refractivity contribution is -0.166. The minimum atomic E-state index is -0.838. The van der Waals surface area contributed by atoms with E-state index in [9.17, 15) is 14.4 Å². The summed E-state index contributed by atoms with van der Waals surface area (Å²) in [5.74, 6) is -1.08. The Labute approximate surface area is 510 Å². The standard InChI is InChI=1S/C77H120O6/c1-4-7-10-13-16-19-22-25-28-30-32-34-36-38-40-42-44-46-49-52-55-58-61-64-67-70-76(79)82-73-74(72-81-75(78)69-66-63-60-57-54-51-48-27-24-21-18-15-12-9-6-3)83-77(80)71-68-65-62-59-56-53-50-47-45-43-41-39-37-35-33-31-29-26-23-20-17-14-11-8-5-2/h7-12,16-21,25-29,32-35,38,40,44,46,48,54,57,63,66,74H,4-6,13-15,22-24,30-31,36-37,39,41-43,45,47,49-53,55-56,58-62,64-65,67-73H2,1-3H3/b10-7-,11-8-,12-9-,19-16-,20-17-,21-18-,28-25-,29-26-,34-32-,35-33-,40-38-,46-44-,48-27-,57-54-,66-63-. The van der Waals surface area contributed by atoms with Crippen LogP contribution in [0.1, 0.15) is 265 Å². The third-order valence-electron chi connectivity index (χ3n) is 13.4. The first-order valence-corrected chi connectivity index (χ1v) is 33.3. The smallest absolute Gasteiger partial charge is 0.309 e. The lowest BCUT2D eigenvalue weighted by Gasteiger charge is -2.18. The summed E-state index contributed by atoms with van der Waals surface area (Å²) < 4.78 is 16.8. The van der Waals surface area contributed by atoms with Crippen molar-refractivity contribution in [1.82, 2.24) is 0 Å². The van der Waals surface area contributed by atoms with Gasteiger partial charge in [-0.15, -0.1) is 0 Å². The van der Waals surface area contributed by atoms with Gasteiger partial charge in [-0.2, -0.15) is 0 Å². The zero-order valence-corrected chi connectivity index (χ0v) is 53.1. The minimum Gasteiger partial charge on any atom is -0.462 e. The molecule has 6 heteroatoms. The molecule has 0 aliphatic rings. The van der Waals surface area contributed by atoms with E-state index in [1.54, 1.807) is 6.08 Å². The number of allylic oxidation sites excluding steroid dienone is 29. The summed E-state index contributed by atoms with van der Waals surface area (Å²) in [4.78, 5) is 38.3. The summed E-state index contributed by atoms with van der Waals surface area (Å²) in [6.45, 7) is 6.20. The predicted molar refractivity (Wildman–Crippen MR) is 361 cm³/mol. The van der Waals surface area contributed by atoms with Crippen LogP contribution >= 0.6 is 0 Å². The molecule has 1 atom stereocenters. The van der Waals surface area contributed by atoms with Crippen molar-refractivity contribution in [2.75, 3.05) is 13.2 Å². The third kappa shape index (κ3) is 67.2. The number of hydrogen-bond donors (Lipinski definition) is 0. The molecule has 0 saturated carbocycles. The Morgan fingerprint density at radius 1 is 0.253 bits per heavy atom. The molecule has 0 aromatic rings. The number of hydrogen-bond acceptors (Lipinski definition) is 6. The normalized spacial score (nSPS) is 13.3. The number of unbranched alkanes of at least 4 members (excludes halogenated alkanes) is 18. The van der Waals surface area contributed by atoms with E-state index < -0.39 is 12.1 Å². The van der Waals surface area contributed by atoms with Crippen LogP contribution in [0.4, 0.5) is 0 Å². The number of esters is 3. The fraction of sp³-hybridized carbons (Fsp3) is 0.571. The molecule has 464 valence electrons. The molecule has 0 spiro atoms. The van der Waals surface area contributed by atoms with E-state index >= 15 is 0 Å². The molecule has 83 heavy (non-hydrogen) atoms. The first-order valence-electron chi connectivity index (χ1n) is 33.3. The van der Waals surface area contributed by atoms with Crippen LogP contribution in [0.5, 0.6) is 0 Å². The number of ether oxygens (including phenoxy) is 3. The molecule has 1 unspecified atom stereocenters. The minimum absolute atomic E-state index is 0.115. The number of carbonyl (C=O) groups is 3. The molecule has 0 aliphatic carbocycles. The van der Waals surface area contributed by atoms with Crippen LogP contribution in [-0.2, 0) is 28.6 Å². The van der Waals surface area contributed by atoms with E-state index in [1.165, 1.54) is 77.0 Å². The van der Waals surface area contributed by atoms with Gasteiger partial charge >= 0.3 is 17.9 Å². The molecule has 0 heterocycles. The predicted octanol–water partition coefficient (Wildman–Crippen LogP) is 23.2. The van der Waals surface area contributed by atoms with Crippen LogP contribution in [0.3, 0.4) is 0 Å². The largest absolute Gasteiger partial charge is 0.462 e. The van der Waals surface area contributed by atoms with Gasteiger partial charge in [-0.05, 0) is 135 Å². The van der Waals surface area contributed by atoms with Crippen molar-refractivity contribution >= 4 is 17.9 Å². The Balaban J connectivity index is 4.48. The van der Waals surface area contributed by atoms with E-state index in [0.717, 1.165) is 148 Å². The van der Waals surface area contributed by atoms with E-state index in [-0.39, 0.29) is 31.6 Å². The number of carbonyl (C=O) groups excluding carboxylic acids is 3. The van der Waals surface area contributed by atoms with Gasteiger partial charge < -0.3 is 14.2 Å². The van der Waals surface area contributed by atoms with Gasteiger partial charge in [0.1, 0.15) is 13.2 Å². The average molecular weight is 1140 g/mol. The maximum absolute atomic E-state index is 12.9. The molecule has 0 fully saturated rings. The van der Waals surface area contributed by atoms with Gasteiger partial charge in [0.05, 0.1) is 6.42 Å². The average Bonchev–Trinajstić information content (AvgIpc) is 3.49. The van der Waals surface area contributed by atoms with Crippen LogP contribution < -0.4 is 0 Å². The Kier molecular flexibility index (Phi) is 64.4. The van der Waals surface area contributed by atoms with Gasteiger partial charge in [-0.25, -0.2) is 0 Å². The van der Waals surface area contributed by atoms with Gasteiger partial charge in [-0.1, -0.05) is 293 Å². The van der Waals surface area contributed by atoms with E-state index in [0.29, 0.717) is 12.8 Å². The summed E-state index contributed by atoms with van der Waals surface area (Å²) in [6, 6.07) is 0. The second-order valence-electron chi connectivity index (χ2n) is 21.2. The molecule has 6 nitrogen and oxygen atoms in total. The van der Waals surface area contributed by atoms with Crippen LogP contribution in [0.15, 0.2) is 182 Å². The third-order valence-corrected chi connectivity index (χ3v) is 13.4. The quantitative estimate of drug-likeness (QED) is 0.0261. The second kappa shape index (κ2) is 69.0. The molecule has 0 N–H and O–H groups in total.